The van der Waals surface area contributed by atoms with Gasteiger partial charge in [0.05, 0.1) is 30.2 Å². The number of carbonyl (C=O) groups is 3. The van der Waals surface area contributed by atoms with Crippen molar-refractivity contribution >= 4 is 23.5 Å². The molecule has 32 heavy (non-hydrogen) atoms. The molecule has 3 aromatic carbocycles. The summed E-state index contributed by atoms with van der Waals surface area (Å²) in [4.78, 5) is 41.5. The van der Waals surface area contributed by atoms with Crippen molar-refractivity contribution in [2.24, 2.45) is 11.8 Å². The molecular formula is C27H21NO4. The summed E-state index contributed by atoms with van der Waals surface area (Å²) in [5, 5.41) is 0. The Kier molecular flexibility index (Phi) is 3.79. The van der Waals surface area contributed by atoms with Crippen molar-refractivity contribution < 1.29 is 19.1 Å². The standard InChI is InChI=1S/C27H21NO4/c1-27-18-12-6-3-9-15(18)21(16-10-4-7-13-19(16)27)22-23(27)25(30)28(24(22)29)20-14-8-5-11-17(20)26(31)32-2/h3-14,21-23H,1-2H3/t21?,22-,23-,27?/m0/s1. The van der Waals surface area contributed by atoms with Crippen molar-refractivity contribution in [3.63, 3.8) is 0 Å². The Balaban J connectivity index is 1.60. The summed E-state index contributed by atoms with van der Waals surface area (Å²) in [5.41, 5.74) is 4.30. The van der Waals surface area contributed by atoms with Gasteiger partial charge in [0.1, 0.15) is 0 Å². The van der Waals surface area contributed by atoms with Gasteiger partial charge in [-0.2, -0.15) is 0 Å². The molecule has 0 aromatic heterocycles. The maximum Gasteiger partial charge on any atom is 0.339 e. The third-order valence-corrected chi connectivity index (χ3v) is 7.59. The van der Waals surface area contributed by atoms with Crippen LogP contribution in [-0.2, 0) is 19.7 Å². The number of anilines is 1. The summed E-state index contributed by atoms with van der Waals surface area (Å²) in [6, 6.07) is 22.9. The minimum absolute atomic E-state index is 0.194. The summed E-state index contributed by atoms with van der Waals surface area (Å²) >= 11 is 0. The van der Waals surface area contributed by atoms with Gasteiger partial charge in [-0.15, -0.1) is 0 Å². The highest BCUT2D eigenvalue weighted by molar-refractivity contribution is 6.25. The lowest BCUT2D eigenvalue weighted by Gasteiger charge is -2.52. The lowest BCUT2D eigenvalue weighted by atomic mass is 9.48. The van der Waals surface area contributed by atoms with Crippen LogP contribution in [0.5, 0.6) is 0 Å². The molecule has 2 amide bonds. The average Bonchev–Trinajstić information content (AvgIpc) is 3.10. The molecular weight excluding hydrogens is 402 g/mol. The normalized spacial score (nSPS) is 27.1. The van der Waals surface area contributed by atoms with Gasteiger partial charge in [0.2, 0.25) is 11.8 Å². The minimum atomic E-state index is -0.631. The highest BCUT2D eigenvalue weighted by atomic mass is 16.5. The number of esters is 1. The van der Waals surface area contributed by atoms with E-state index < -0.39 is 23.2 Å². The van der Waals surface area contributed by atoms with Gasteiger partial charge in [-0.25, -0.2) is 9.69 Å². The first-order chi connectivity index (χ1) is 15.5. The van der Waals surface area contributed by atoms with E-state index in [9.17, 15) is 14.4 Å². The summed E-state index contributed by atoms with van der Waals surface area (Å²) in [6.07, 6.45) is 0. The molecule has 7 rings (SSSR count). The van der Waals surface area contributed by atoms with Crippen molar-refractivity contribution in [1.82, 2.24) is 0 Å². The topological polar surface area (TPSA) is 63.7 Å². The van der Waals surface area contributed by atoms with E-state index in [2.05, 4.69) is 31.2 Å². The Morgan fingerprint density at radius 3 is 2.03 bits per heavy atom. The van der Waals surface area contributed by atoms with Gasteiger partial charge in [-0.1, -0.05) is 67.6 Å². The number of imide groups is 1. The number of methoxy groups -OCH3 is 1. The van der Waals surface area contributed by atoms with Gasteiger partial charge < -0.3 is 4.74 Å². The molecule has 158 valence electrons. The third-order valence-electron chi connectivity index (χ3n) is 7.59. The maximum atomic E-state index is 14.0. The molecule has 1 aliphatic heterocycles. The van der Waals surface area contributed by atoms with E-state index >= 15 is 0 Å². The van der Waals surface area contributed by atoms with Crippen LogP contribution in [0.15, 0.2) is 72.8 Å². The van der Waals surface area contributed by atoms with Gasteiger partial charge in [-0.05, 0) is 34.4 Å². The van der Waals surface area contributed by atoms with Crippen molar-refractivity contribution in [2.75, 3.05) is 12.0 Å². The highest BCUT2D eigenvalue weighted by Gasteiger charge is 2.66. The molecule has 1 heterocycles. The van der Waals surface area contributed by atoms with Crippen LogP contribution in [0, 0.1) is 11.8 Å². The second kappa shape index (κ2) is 6.39. The molecule has 0 unspecified atom stereocenters. The monoisotopic (exact) mass is 423 g/mol. The molecule has 0 spiro atoms. The summed E-state index contributed by atoms with van der Waals surface area (Å²) in [5.74, 6) is -2.32. The van der Waals surface area contributed by atoms with Crippen molar-refractivity contribution in [2.45, 2.75) is 18.3 Å². The van der Waals surface area contributed by atoms with E-state index in [1.807, 2.05) is 24.3 Å². The summed E-state index contributed by atoms with van der Waals surface area (Å²) < 4.78 is 4.91. The lowest BCUT2D eigenvalue weighted by molar-refractivity contribution is -0.123. The molecule has 3 aliphatic carbocycles. The van der Waals surface area contributed by atoms with Gasteiger partial charge in [0.25, 0.3) is 0 Å². The van der Waals surface area contributed by atoms with E-state index in [1.165, 1.54) is 12.0 Å². The van der Waals surface area contributed by atoms with Gasteiger partial charge >= 0.3 is 5.97 Å². The molecule has 5 nitrogen and oxygen atoms in total. The molecule has 3 aromatic rings. The molecule has 0 radical (unpaired) electrons. The fraction of sp³-hybridized carbons (Fsp3) is 0.222. The van der Waals surface area contributed by atoms with Crippen LogP contribution in [0.4, 0.5) is 5.69 Å². The zero-order chi connectivity index (χ0) is 22.2. The quantitative estimate of drug-likeness (QED) is 0.461. The first-order valence-electron chi connectivity index (χ1n) is 10.7. The second-order valence-corrected chi connectivity index (χ2v) is 8.88. The maximum absolute atomic E-state index is 14.0. The first kappa shape index (κ1) is 19.0. The molecule has 1 fully saturated rings. The van der Waals surface area contributed by atoms with Crippen LogP contribution in [0.1, 0.15) is 45.5 Å². The van der Waals surface area contributed by atoms with E-state index in [4.69, 9.17) is 4.74 Å². The number of benzene rings is 3. The van der Waals surface area contributed by atoms with Crippen LogP contribution in [0.2, 0.25) is 0 Å². The molecule has 2 atom stereocenters. The highest BCUT2D eigenvalue weighted by Crippen LogP contribution is 2.64. The fourth-order valence-corrected chi connectivity index (χ4v) is 6.34. The van der Waals surface area contributed by atoms with E-state index in [-0.39, 0.29) is 23.3 Å². The van der Waals surface area contributed by atoms with Crippen molar-refractivity contribution in [3.05, 3.63) is 101 Å². The Bertz CT molecular complexity index is 1280. The Morgan fingerprint density at radius 1 is 0.844 bits per heavy atom. The predicted molar refractivity (Wildman–Crippen MR) is 118 cm³/mol. The Morgan fingerprint density at radius 2 is 1.41 bits per heavy atom. The Hall–Kier alpha value is -3.73. The fourth-order valence-electron chi connectivity index (χ4n) is 6.34. The van der Waals surface area contributed by atoms with Crippen LogP contribution in [-0.4, -0.2) is 24.9 Å². The number of ether oxygens (including phenoxy) is 1. The molecule has 0 N–H and O–H groups in total. The first-order valence-corrected chi connectivity index (χ1v) is 10.7. The smallest absolute Gasteiger partial charge is 0.339 e. The number of nitrogens with zero attached hydrogens (tertiary/aromatic N) is 1. The van der Waals surface area contributed by atoms with E-state index in [0.717, 1.165) is 22.3 Å². The van der Waals surface area contributed by atoms with Crippen LogP contribution < -0.4 is 4.90 Å². The molecule has 1 saturated heterocycles. The number of hydrogen-bond acceptors (Lipinski definition) is 4. The molecule has 0 saturated carbocycles. The lowest BCUT2D eigenvalue weighted by Crippen LogP contribution is -2.51. The average molecular weight is 423 g/mol. The SMILES string of the molecule is COC(=O)c1ccccc1N1C(=O)[C@@H]2[C@@H](C1=O)C1c3ccccc3C2(C)c2ccccc21. The number of para-hydroxylation sites is 1. The minimum Gasteiger partial charge on any atom is -0.465 e. The second-order valence-electron chi connectivity index (χ2n) is 8.88. The number of carbonyl (C=O) groups excluding carboxylic acids is 3. The van der Waals surface area contributed by atoms with E-state index in [0.29, 0.717) is 5.69 Å². The number of rotatable bonds is 2. The zero-order valence-corrected chi connectivity index (χ0v) is 17.7. The molecule has 2 bridgehead atoms. The van der Waals surface area contributed by atoms with Gasteiger partial charge in [0.15, 0.2) is 0 Å². The number of amides is 2. The van der Waals surface area contributed by atoms with Gasteiger partial charge in [-0.3, -0.25) is 9.59 Å². The summed E-state index contributed by atoms with van der Waals surface area (Å²) in [6.45, 7) is 2.08. The van der Waals surface area contributed by atoms with Crippen LogP contribution >= 0.6 is 0 Å². The number of hydrogen-bond donors (Lipinski definition) is 0. The largest absolute Gasteiger partial charge is 0.465 e. The van der Waals surface area contributed by atoms with Crippen molar-refractivity contribution in [3.8, 4) is 0 Å². The third kappa shape index (κ3) is 2.11. The van der Waals surface area contributed by atoms with Gasteiger partial charge in [0, 0.05) is 11.3 Å². The van der Waals surface area contributed by atoms with Crippen LogP contribution in [0.25, 0.3) is 0 Å². The van der Waals surface area contributed by atoms with E-state index in [1.54, 1.807) is 24.3 Å². The van der Waals surface area contributed by atoms with Crippen LogP contribution in [0.3, 0.4) is 0 Å². The Labute approximate surface area is 185 Å². The zero-order valence-electron chi connectivity index (χ0n) is 17.7. The predicted octanol–water partition coefficient (Wildman–Crippen LogP) is 4.04. The molecule has 5 heteroatoms. The molecule has 4 aliphatic rings. The summed E-state index contributed by atoms with van der Waals surface area (Å²) in [7, 11) is 1.29. The van der Waals surface area contributed by atoms with Crippen molar-refractivity contribution in [1.29, 1.82) is 0 Å².